The number of methoxy groups -OCH3 is 1. The van der Waals surface area contributed by atoms with Gasteiger partial charge in [-0.2, -0.15) is 13.2 Å². The van der Waals surface area contributed by atoms with Crippen LogP contribution < -0.4 is 15.4 Å². The van der Waals surface area contributed by atoms with Crippen molar-refractivity contribution in [1.29, 1.82) is 0 Å². The molecule has 0 bridgehead atoms. The van der Waals surface area contributed by atoms with Gasteiger partial charge in [0.25, 0.3) is 0 Å². The van der Waals surface area contributed by atoms with Crippen molar-refractivity contribution in [2.75, 3.05) is 33.4 Å². The lowest BCUT2D eigenvalue weighted by Crippen LogP contribution is -2.38. The monoisotopic (exact) mass is 476 g/mol. The second-order valence-electron chi connectivity index (χ2n) is 4.84. The number of nitrogens with one attached hydrogen (secondary N) is 2. The summed E-state index contributed by atoms with van der Waals surface area (Å²) in [5.41, 5.74) is 0.482. The maximum atomic E-state index is 12.3. The molecular formula is C15H24F3IN4O2. The molecule has 0 fully saturated rings. The van der Waals surface area contributed by atoms with Crippen LogP contribution >= 0.6 is 24.0 Å². The minimum Gasteiger partial charge on any atom is -0.468 e. The first-order chi connectivity index (χ1) is 11.5. The van der Waals surface area contributed by atoms with Crippen molar-refractivity contribution in [1.82, 2.24) is 15.6 Å². The van der Waals surface area contributed by atoms with E-state index in [1.807, 2.05) is 6.92 Å². The van der Waals surface area contributed by atoms with Crippen LogP contribution in [0.1, 0.15) is 18.9 Å². The molecule has 144 valence electrons. The number of guanidine groups is 1. The Kier molecular flexibility index (Phi) is 12.3. The quantitative estimate of drug-likeness (QED) is 0.249. The zero-order valence-electron chi connectivity index (χ0n) is 14.2. The molecule has 0 aliphatic carbocycles. The second kappa shape index (κ2) is 13.0. The second-order valence-corrected chi connectivity index (χ2v) is 4.84. The van der Waals surface area contributed by atoms with Crippen LogP contribution in [0, 0.1) is 0 Å². The molecular weight excluding hydrogens is 452 g/mol. The lowest BCUT2D eigenvalue weighted by atomic mass is 10.3. The zero-order chi connectivity index (χ0) is 17.8. The molecule has 0 atom stereocenters. The van der Waals surface area contributed by atoms with Crippen LogP contribution in [0.5, 0.6) is 5.88 Å². The molecule has 0 unspecified atom stereocenters. The highest BCUT2D eigenvalue weighted by Crippen LogP contribution is 2.20. The van der Waals surface area contributed by atoms with E-state index in [0.717, 1.165) is 6.42 Å². The molecule has 1 rings (SSSR count). The summed E-state index contributed by atoms with van der Waals surface area (Å²) in [7, 11) is 1.63. The Labute approximate surface area is 162 Å². The van der Waals surface area contributed by atoms with E-state index in [1.165, 1.54) is 6.20 Å². The van der Waals surface area contributed by atoms with Crippen LogP contribution in [0.3, 0.4) is 0 Å². The van der Waals surface area contributed by atoms with E-state index < -0.39 is 12.8 Å². The van der Waals surface area contributed by atoms with Crippen LogP contribution in [0.15, 0.2) is 23.3 Å². The average molecular weight is 476 g/mol. The fourth-order valence-corrected chi connectivity index (χ4v) is 1.75. The Bertz CT molecular complexity index is 516. The number of pyridine rings is 1. The summed E-state index contributed by atoms with van der Waals surface area (Å²) in [4.78, 5) is 8.18. The summed E-state index contributed by atoms with van der Waals surface area (Å²) in [5, 5.41) is 6.18. The number of aliphatic imine (C=N–C) groups is 1. The molecule has 1 aromatic heterocycles. The Morgan fingerprint density at radius 1 is 1.32 bits per heavy atom. The Hall–Kier alpha value is -1.30. The van der Waals surface area contributed by atoms with Gasteiger partial charge in [-0.15, -0.1) is 24.0 Å². The number of hydrogen-bond acceptors (Lipinski definition) is 4. The van der Waals surface area contributed by atoms with Gasteiger partial charge in [-0.25, -0.2) is 9.98 Å². The first-order valence-electron chi connectivity index (χ1n) is 7.60. The first kappa shape index (κ1) is 23.7. The number of halogens is 4. The highest BCUT2D eigenvalue weighted by atomic mass is 127. The molecule has 10 heteroatoms. The average Bonchev–Trinajstić information content (AvgIpc) is 2.54. The van der Waals surface area contributed by atoms with Gasteiger partial charge < -0.3 is 20.1 Å². The standard InChI is InChI=1S/C15H23F3N4O2.HI/c1-3-19-14(21-8-5-9-23-2)22-10-12-6-4-7-20-13(12)24-11-15(16,17)18;/h4,6-7H,3,5,8-11H2,1-2H3,(H2,19,21,22);1H. The lowest BCUT2D eigenvalue weighted by Gasteiger charge is -2.13. The molecule has 2 N–H and O–H groups in total. The van der Waals surface area contributed by atoms with Crippen molar-refractivity contribution in [2.24, 2.45) is 4.99 Å². The lowest BCUT2D eigenvalue weighted by molar-refractivity contribution is -0.154. The predicted molar refractivity (Wildman–Crippen MR) is 101 cm³/mol. The normalized spacial score (nSPS) is 11.6. The molecule has 0 spiro atoms. The van der Waals surface area contributed by atoms with Gasteiger partial charge in [0.2, 0.25) is 5.88 Å². The minimum absolute atomic E-state index is 0. The first-order valence-corrected chi connectivity index (χ1v) is 7.60. The molecule has 0 saturated heterocycles. The number of ether oxygens (including phenoxy) is 2. The van der Waals surface area contributed by atoms with E-state index in [1.54, 1.807) is 19.2 Å². The third kappa shape index (κ3) is 11.0. The fraction of sp³-hybridized carbons (Fsp3) is 0.600. The SMILES string of the molecule is CCNC(=NCc1cccnc1OCC(F)(F)F)NCCCOC.I. The number of rotatable bonds is 9. The third-order valence-corrected chi connectivity index (χ3v) is 2.79. The van der Waals surface area contributed by atoms with Crippen molar-refractivity contribution in [3.63, 3.8) is 0 Å². The number of alkyl halides is 3. The van der Waals surface area contributed by atoms with E-state index in [9.17, 15) is 13.2 Å². The van der Waals surface area contributed by atoms with Crippen LogP contribution in [0.2, 0.25) is 0 Å². The van der Waals surface area contributed by atoms with Gasteiger partial charge in [-0.1, -0.05) is 6.07 Å². The molecule has 0 radical (unpaired) electrons. The van der Waals surface area contributed by atoms with E-state index in [-0.39, 0.29) is 36.4 Å². The Balaban J connectivity index is 0.00000576. The van der Waals surface area contributed by atoms with E-state index >= 15 is 0 Å². The van der Waals surface area contributed by atoms with Gasteiger partial charge >= 0.3 is 6.18 Å². The predicted octanol–water partition coefficient (Wildman–Crippen LogP) is 2.73. The molecule has 1 heterocycles. The van der Waals surface area contributed by atoms with E-state index in [2.05, 4.69) is 20.6 Å². The van der Waals surface area contributed by atoms with Crippen LogP contribution in [0.25, 0.3) is 0 Å². The smallest absolute Gasteiger partial charge is 0.422 e. The highest BCUT2D eigenvalue weighted by molar-refractivity contribution is 14.0. The molecule has 0 aromatic carbocycles. The fourth-order valence-electron chi connectivity index (χ4n) is 1.75. The molecule has 25 heavy (non-hydrogen) atoms. The number of nitrogens with zero attached hydrogens (tertiary/aromatic N) is 2. The van der Waals surface area contributed by atoms with Crippen LogP contribution in [0.4, 0.5) is 13.2 Å². The zero-order valence-corrected chi connectivity index (χ0v) is 16.6. The summed E-state index contributed by atoms with van der Waals surface area (Å²) < 4.78 is 46.5. The molecule has 0 aliphatic rings. The Morgan fingerprint density at radius 2 is 2.08 bits per heavy atom. The molecule has 0 aliphatic heterocycles. The van der Waals surface area contributed by atoms with Crippen molar-refractivity contribution < 1.29 is 22.6 Å². The van der Waals surface area contributed by atoms with Crippen LogP contribution in [-0.4, -0.2) is 50.5 Å². The maximum Gasteiger partial charge on any atom is 0.422 e. The van der Waals surface area contributed by atoms with E-state index in [0.29, 0.717) is 31.2 Å². The molecule has 6 nitrogen and oxygen atoms in total. The highest BCUT2D eigenvalue weighted by Gasteiger charge is 2.29. The van der Waals surface area contributed by atoms with Crippen molar-refractivity contribution in [3.05, 3.63) is 23.9 Å². The van der Waals surface area contributed by atoms with Gasteiger partial charge in [-0.3, -0.25) is 0 Å². The molecule has 0 amide bonds. The van der Waals surface area contributed by atoms with Gasteiger partial charge in [0, 0.05) is 38.6 Å². The molecule has 0 saturated carbocycles. The third-order valence-electron chi connectivity index (χ3n) is 2.79. The topological polar surface area (TPSA) is 67.8 Å². The number of aromatic nitrogens is 1. The minimum atomic E-state index is -4.41. The van der Waals surface area contributed by atoms with Gasteiger partial charge in [0.1, 0.15) is 0 Å². The van der Waals surface area contributed by atoms with E-state index in [4.69, 9.17) is 9.47 Å². The van der Waals surface area contributed by atoms with Gasteiger partial charge in [0.15, 0.2) is 12.6 Å². The largest absolute Gasteiger partial charge is 0.468 e. The Morgan fingerprint density at radius 3 is 2.72 bits per heavy atom. The van der Waals surface area contributed by atoms with Gasteiger partial charge in [0.05, 0.1) is 6.54 Å². The maximum absolute atomic E-state index is 12.3. The molecule has 1 aromatic rings. The summed E-state index contributed by atoms with van der Waals surface area (Å²) >= 11 is 0. The summed E-state index contributed by atoms with van der Waals surface area (Å²) in [6.07, 6.45) is -2.21. The van der Waals surface area contributed by atoms with Gasteiger partial charge in [-0.05, 0) is 19.4 Å². The summed E-state index contributed by atoms with van der Waals surface area (Å²) in [5.74, 6) is 0.507. The van der Waals surface area contributed by atoms with Crippen molar-refractivity contribution in [3.8, 4) is 5.88 Å². The van der Waals surface area contributed by atoms with Crippen LogP contribution in [-0.2, 0) is 11.3 Å². The van der Waals surface area contributed by atoms with Crippen molar-refractivity contribution in [2.45, 2.75) is 26.1 Å². The number of hydrogen-bond donors (Lipinski definition) is 2. The summed E-state index contributed by atoms with van der Waals surface area (Å²) in [6, 6.07) is 3.26. The van der Waals surface area contributed by atoms with Crippen molar-refractivity contribution >= 4 is 29.9 Å². The summed E-state index contributed by atoms with van der Waals surface area (Å²) in [6.45, 7) is 2.67.